The van der Waals surface area contributed by atoms with Crippen LogP contribution in [-0.4, -0.2) is 31.4 Å². The van der Waals surface area contributed by atoms with E-state index in [2.05, 4.69) is 0 Å². The zero-order valence-electron chi connectivity index (χ0n) is 22.5. The van der Waals surface area contributed by atoms with E-state index >= 15 is 0 Å². The van der Waals surface area contributed by atoms with Crippen molar-refractivity contribution in [2.45, 2.75) is 26.1 Å². The number of nitrogens with zero attached hydrogens (tertiary/aromatic N) is 2. The maximum absolute atomic E-state index is 12.2. The smallest absolute Gasteiger partial charge is 0.318 e. The molecule has 0 amide bonds. The lowest BCUT2D eigenvalue weighted by Gasteiger charge is -2.21. The first kappa shape index (κ1) is 26.7. The zero-order chi connectivity index (χ0) is 27.9. The molecule has 1 heterocycles. The monoisotopic (exact) mass is 538 g/mol. The second kappa shape index (κ2) is 12.3. The summed E-state index contributed by atoms with van der Waals surface area (Å²) in [5.74, 6) is 1.65. The van der Waals surface area contributed by atoms with Crippen molar-refractivity contribution in [1.29, 1.82) is 0 Å². The van der Waals surface area contributed by atoms with Gasteiger partial charge < -0.3 is 18.9 Å². The molecule has 0 aliphatic carbocycles. The average molecular weight is 539 g/mol. The summed E-state index contributed by atoms with van der Waals surface area (Å²) in [5, 5.41) is 12.2. The molecule has 0 bridgehead atoms. The molecule has 4 aromatic rings. The molecule has 0 N–H and O–H groups in total. The van der Waals surface area contributed by atoms with Crippen molar-refractivity contribution in [3.8, 4) is 23.0 Å². The van der Waals surface area contributed by atoms with Gasteiger partial charge >= 0.3 is 5.69 Å². The van der Waals surface area contributed by atoms with E-state index in [9.17, 15) is 10.1 Å². The molecule has 0 spiro atoms. The van der Waals surface area contributed by atoms with E-state index < -0.39 is 4.92 Å². The maximum atomic E-state index is 12.2. The lowest BCUT2D eigenvalue weighted by molar-refractivity contribution is -0.386. The highest BCUT2D eigenvalue weighted by molar-refractivity contribution is 6.05. The Morgan fingerprint density at radius 1 is 0.800 bits per heavy atom. The summed E-state index contributed by atoms with van der Waals surface area (Å²) < 4.78 is 23.2. The fourth-order valence-electron chi connectivity index (χ4n) is 4.80. The Morgan fingerprint density at radius 2 is 1.45 bits per heavy atom. The van der Waals surface area contributed by atoms with Crippen LogP contribution in [-0.2, 0) is 26.1 Å². The predicted octanol–water partition coefficient (Wildman–Crippen LogP) is 6.36. The van der Waals surface area contributed by atoms with Crippen molar-refractivity contribution in [3.05, 3.63) is 123 Å². The second-order valence-corrected chi connectivity index (χ2v) is 9.33. The van der Waals surface area contributed by atoms with E-state index in [4.69, 9.17) is 23.9 Å². The maximum Gasteiger partial charge on any atom is 0.318 e. The Bertz CT molecular complexity index is 1520. The minimum atomic E-state index is -0.422. The Kier molecular flexibility index (Phi) is 8.25. The summed E-state index contributed by atoms with van der Waals surface area (Å²) >= 11 is 0. The Hall–Kier alpha value is -4.85. The van der Waals surface area contributed by atoms with E-state index in [0.29, 0.717) is 36.0 Å². The number of methoxy groups -OCH3 is 2. The molecule has 8 heteroatoms. The molecule has 1 aliphatic rings. The van der Waals surface area contributed by atoms with Gasteiger partial charge in [0.2, 0.25) is 5.75 Å². The third-order valence-electron chi connectivity index (χ3n) is 6.78. The molecule has 0 fully saturated rings. The molecular weight excluding hydrogens is 508 g/mol. The van der Waals surface area contributed by atoms with Crippen LogP contribution in [0.25, 0.3) is 0 Å². The van der Waals surface area contributed by atoms with Crippen molar-refractivity contribution in [2.24, 2.45) is 4.99 Å². The largest absolute Gasteiger partial charge is 0.493 e. The van der Waals surface area contributed by atoms with Gasteiger partial charge in [0.05, 0.1) is 19.1 Å². The zero-order valence-corrected chi connectivity index (χ0v) is 22.5. The van der Waals surface area contributed by atoms with Crippen molar-refractivity contribution >= 4 is 11.4 Å². The summed E-state index contributed by atoms with van der Waals surface area (Å²) in [5.41, 5.74) is 5.07. The van der Waals surface area contributed by atoms with Crippen molar-refractivity contribution in [1.82, 2.24) is 0 Å². The van der Waals surface area contributed by atoms with Crippen LogP contribution in [0.2, 0.25) is 0 Å². The van der Waals surface area contributed by atoms with Gasteiger partial charge in [-0.15, -0.1) is 0 Å². The van der Waals surface area contributed by atoms with Gasteiger partial charge in [0, 0.05) is 29.8 Å². The molecule has 0 atom stereocenters. The molecule has 5 rings (SSSR count). The minimum absolute atomic E-state index is 0.0947. The number of benzene rings is 4. The number of hydrogen-bond donors (Lipinski definition) is 0. The molecule has 0 saturated heterocycles. The van der Waals surface area contributed by atoms with Gasteiger partial charge in [-0.2, -0.15) is 0 Å². The van der Waals surface area contributed by atoms with Gasteiger partial charge in [0.1, 0.15) is 13.2 Å². The predicted molar refractivity (Wildman–Crippen MR) is 153 cm³/mol. The number of fused-ring (bicyclic) bond motifs is 1. The highest BCUT2D eigenvalue weighted by atomic mass is 16.6. The molecule has 0 saturated carbocycles. The minimum Gasteiger partial charge on any atom is -0.493 e. The van der Waals surface area contributed by atoms with Gasteiger partial charge in [-0.1, -0.05) is 60.7 Å². The van der Waals surface area contributed by atoms with Crippen LogP contribution in [0.15, 0.2) is 89.9 Å². The van der Waals surface area contributed by atoms with Crippen LogP contribution >= 0.6 is 0 Å². The number of ether oxygens (including phenoxy) is 4. The highest BCUT2D eigenvalue weighted by Crippen LogP contribution is 2.41. The lowest BCUT2D eigenvalue weighted by atomic mass is 9.92. The molecule has 0 radical (unpaired) electrons. The normalized spacial score (nSPS) is 12.2. The van der Waals surface area contributed by atoms with Gasteiger partial charge in [0.15, 0.2) is 17.2 Å². The third-order valence-corrected chi connectivity index (χ3v) is 6.78. The average Bonchev–Trinajstić information content (AvgIpc) is 2.99. The molecule has 8 nitrogen and oxygen atoms in total. The lowest BCUT2D eigenvalue weighted by Crippen LogP contribution is -2.17. The summed E-state index contributed by atoms with van der Waals surface area (Å²) in [4.78, 5) is 16.6. The van der Waals surface area contributed by atoms with Crippen molar-refractivity contribution in [2.75, 3.05) is 20.8 Å². The number of nitro groups is 1. The van der Waals surface area contributed by atoms with Crippen molar-refractivity contribution in [3.63, 3.8) is 0 Å². The Labute approximate surface area is 233 Å². The standard InChI is InChI=1S/C32H30N2O6/c1-37-29-19-26-24(18-30(29)40-21-23-11-7-4-8-12-23)15-16-33-27(26)17-25-13-14-28(32(38-2)31(25)34(35)36)39-20-22-9-5-3-6-10-22/h3-14,18-19H,15-17,20-21H2,1-2H3. The summed E-state index contributed by atoms with van der Waals surface area (Å²) in [7, 11) is 3.01. The number of rotatable bonds is 11. The fraction of sp³-hybridized carbons (Fsp3) is 0.219. The molecule has 1 aliphatic heterocycles. The summed E-state index contributed by atoms with van der Waals surface area (Å²) in [6, 6.07) is 26.9. The highest BCUT2D eigenvalue weighted by Gasteiger charge is 2.28. The van der Waals surface area contributed by atoms with Gasteiger partial charge in [-0.05, 0) is 47.4 Å². The first-order chi connectivity index (χ1) is 19.6. The van der Waals surface area contributed by atoms with Crippen LogP contribution in [0.1, 0.15) is 27.8 Å². The van der Waals surface area contributed by atoms with Crippen LogP contribution in [0.4, 0.5) is 5.69 Å². The Morgan fingerprint density at radius 3 is 2.05 bits per heavy atom. The van der Waals surface area contributed by atoms with E-state index in [1.54, 1.807) is 19.2 Å². The molecule has 204 valence electrons. The molecule has 0 aromatic heterocycles. The molecule has 40 heavy (non-hydrogen) atoms. The SMILES string of the molecule is COc1cc2c(cc1OCc1ccccc1)CCN=C2Cc1ccc(OCc2ccccc2)c(OC)c1[N+](=O)[O-]. The van der Waals surface area contributed by atoms with Crippen molar-refractivity contribution < 1.29 is 23.9 Å². The number of aliphatic imine (C=N–C) groups is 1. The first-order valence-corrected chi connectivity index (χ1v) is 13.0. The van der Waals surface area contributed by atoms with Crippen LogP contribution in [0.5, 0.6) is 23.0 Å². The molecule has 4 aromatic carbocycles. The van der Waals surface area contributed by atoms with Gasteiger partial charge in [-0.3, -0.25) is 15.1 Å². The van der Waals surface area contributed by atoms with Crippen LogP contribution in [0, 0.1) is 10.1 Å². The topological polar surface area (TPSA) is 92.4 Å². The molecular formula is C32H30N2O6. The number of hydrogen-bond acceptors (Lipinski definition) is 7. The second-order valence-electron chi connectivity index (χ2n) is 9.33. The number of nitro benzene ring substituents is 1. The Balaban J connectivity index is 1.41. The third kappa shape index (κ3) is 5.91. The first-order valence-electron chi connectivity index (χ1n) is 13.0. The van der Waals surface area contributed by atoms with E-state index in [1.807, 2.05) is 72.8 Å². The quantitative estimate of drug-likeness (QED) is 0.163. The summed E-state index contributed by atoms with van der Waals surface area (Å²) in [6.45, 7) is 1.26. The van der Waals surface area contributed by atoms with Gasteiger partial charge in [-0.25, -0.2) is 0 Å². The fourth-order valence-corrected chi connectivity index (χ4v) is 4.80. The van der Waals surface area contributed by atoms with Crippen LogP contribution < -0.4 is 18.9 Å². The van der Waals surface area contributed by atoms with E-state index in [0.717, 1.165) is 34.4 Å². The molecule has 0 unspecified atom stereocenters. The van der Waals surface area contributed by atoms with Crippen LogP contribution in [0.3, 0.4) is 0 Å². The van der Waals surface area contributed by atoms with E-state index in [-0.39, 0.29) is 24.5 Å². The van der Waals surface area contributed by atoms with Gasteiger partial charge in [0.25, 0.3) is 0 Å². The van der Waals surface area contributed by atoms with E-state index in [1.165, 1.54) is 7.11 Å². The summed E-state index contributed by atoms with van der Waals surface area (Å²) in [6.07, 6.45) is 0.994.